The largest absolute Gasteiger partial charge is 0.378 e. The Morgan fingerprint density at radius 1 is 1.26 bits per heavy atom. The van der Waals surface area contributed by atoms with Crippen molar-refractivity contribution in [2.45, 2.75) is 56.8 Å². The van der Waals surface area contributed by atoms with Crippen LogP contribution in [0.5, 0.6) is 0 Å². The Bertz CT molecular complexity index is 881. The van der Waals surface area contributed by atoms with Crippen LogP contribution >= 0.6 is 11.8 Å². The summed E-state index contributed by atoms with van der Waals surface area (Å²) in [6.45, 7) is 10.5. The van der Waals surface area contributed by atoms with E-state index in [0.717, 1.165) is 44.2 Å². The lowest BCUT2D eigenvalue weighted by atomic mass is 9.92. The Balaban J connectivity index is 1.41. The summed E-state index contributed by atoms with van der Waals surface area (Å²) in [6.07, 6.45) is 2.24. The summed E-state index contributed by atoms with van der Waals surface area (Å²) in [6, 6.07) is 1.76. The van der Waals surface area contributed by atoms with Crippen molar-refractivity contribution in [2.24, 2.45) is 0 Å². The second-order valence-electron chi connectivity index (χ2n) is 8.79. The van der Waals surface area contributed by atoms with E-state index in [1.54, 1.807) is 6.07 Å². The Hall–Kier alpha value is -2.11. The van der Waals surface area contributed by atoms with Crippen molar-refractivity contribution < 1.29 is 18.8 Å². The van der Waals surface area contributed by atoms with Gasteiger partial charge in [-0.05, 0) is 12.8 Å². The van der Waals surface area contributed by atoms with Crippen LogP contribution in [0.15, 0.2) is 15.7 Å². The van der Waals surface area contributed by atoms with Crippen LogP contribution in [0.3, 0.4) is 0 Å². The van der Waals surface area contributed by atoms with E-state index in [1.807, 2.05) is 20.8 Å². The van der Waals surface area contributed by atoms with Crippen molar-refractivity contribution in [3.05, 3.63) is 11.8 Å². The van der Waals surface area contributed by atoms with Crippen molar-refractivity contribution in [3.8, 4) is 0 Å². The molecule has 2 fully saturated rings. The summed E-state index contributed by atoms with van der Waals surface area (Å²) in [5.41, 5.74) is 0.650. The van der Waals surface area contributed by atoms with Gasteiger partial charge in [0.25, 0.3) is 0 Å². The molecule has 11 heteroatoms. The molecule has 1 N–H and O–H groups in total. The lowest BCUT2D eigenvalue weighted by Gasteiger charge is -2.28. The van der Waals surface area contributed by atoms with E-state index < -0.39 is 0 Å². The second-order valence-corrected chi connectivity index (χ2v) is 9.73. The third-order valence-corrected chi connectivity index (χ3v) is 6.24. The maximum absolute atomic E-state index is 12.5. The molecule has 170 valence electrons. The lowest BCUT2D eigenvalue weighted by molar-refractivity contribution is -0.113. The van der Waals surface area contributed by atoms with Crippen LogP contribution in [0.2, 0.25) is 0 Å². The number of rotatable bonds is 7. The van der Waals surface area contributed by atoms with Gasteiger partial charge in [-0.15, -0.1) is 10.2 Å². The average Bonchev–Trinajstić information content (AvgIpc) is 3.49. The van der Waals surface area contributed by atoms with Crippen molar-refractivity contribution >= 4 is 29.5 Å². The van der Waals surface area contributed by atoms with Crippen LogP contribution in [-0.4, -0.2) is 70.6 Å². The van der Waals surface area contributed by atoms with E-state index in [0.29, 0.717) is 30.8 Å². The van der Waals surface area contributed by atoms with Crippen LogP contribution in [0.25, 0.3) is 0 Å². The van der Waals surface area contributed by atoms with Crippen LogP contribution < -0.4 is 10.2 Å². The number of hydrogen-bond donors (Lipinski definition) is 1. The van der Waals surface area contributed by atoms with Crippen molar-refractivity contribution in [1.82, 2.24) is 19.9 Å². The highest BCUT2D eigenvalue weighted by Gasteiger charge is 2.25. The highest BCUT2D eigenvalue weighted by Crippen LogP contribution is 2.27. The number of anilines is 2. The lowest BCUT2D eigenvalue weighted by Crippen LogP contribution is -2.38. The van der Waals surface area contributed by atoms with Gasteiger partial charge in [0, 0.05) is 31.2 Å². The third kappa shape index (κ3) is 5.58. The summed E-state index contributed by atoms with van der Waals surface area (Å²) in [4.78, 5) is 14.7. The van der Waals surface area contributed by atoms with Gasteiger partial charge in [0.2, 0.25) is 17.7 Å². The molecule has 2 aromatic heterocycles. The van der Waals surface area contributed by atoms with Gasteiger partial charge in [-0.1, -0.05) is 37.7 Å². The fourth-order valence-corrected chi connectivity index (χ4v) is 4.27. The SMILES string of the molecule is CC(C)(C)c1cc(NC(=O)CSc2nnc(N3CCOCC3)n2CC2CCCO2)on1. The summed E-state index contributed by atoms with van der Waals surface area (Å²) < 4.78 is 18.6. The Morgan fingerprint density at radius 2 is 2.06 bits per heavy atom. The monoisotopic (exact) mass is 450 g/mol. The predicted octanol–water partition coefficient (Wildman–Crippen LogP) is 2.31. The van der Waals surface area contributed by atoms with Gasteiger partial charge in [0.1, 0.15) is 0 Å². The maximum Gasteiger partial charge on any atom is 0.237 e. The molecule has 0 aliphatic carbocycles. The molecular formula is C20H30N6O4S. The highest BCUT2D eigenvalue weighted by atomic mass is 32.2. The summed E-state index contributed by atoms with van der Waals surface area (Å²) in [5.74, 6) is 1.18. The van der Waals surface area contributed by atoms with E-state index >= 15 is 0 Å². The zero-order valence-electron chi connectivity index (χ0n) is 18.3. The molecule has 2 aromatic rings. The Morgan fingerprint density at radius 3 is 2.74 bits per heavy atom. The average molecular weight is 451 g/mol. The number of hydrogen-bond acceptors (Lipinski definition) is 9. The number of nitrogens with zero attached hydrogens (tertiary/aromatic N) is 5. The minimum Gasteiger partial charge on any atom is -0.378 e. The van der Waals surface area contributed by atoms with Gasteiger partial charge < -0.3 is 18.9 Å². The standard InChI is InChI=1S/C20H30N6O4S/c1-20(2,3)15-11-17(30-24-15)21-16(27)13-31-19-23-22-18(25-6-9-28-10-7-25)26(19)12-14-5-4-8-29-14/h11,14H,4-10,12-13H2,1-3H3,(H,21,27). The molecule has 0 spiro atoms. The Kier molecular flexibility index (Phi) is 6.83. The van der Waals surface area contributed by atoms with Crippen molar-refractivity contribution in [1.29, 1.82) is 0 Å². The topological polar surface area (TPSA) is 108 Å². The number of thioether (sulfide) groups is 1. The first-order valence-electron chi connectivity index (χ1n) is 10.7. The molecule has 2 aliphatic rings. The number of carbonyl (C=O) groups excluding carboxylic acids is 1. The van der Waals surface area contributed by atoms with Crippen molar-refractivity contribution in [3.63, 3.8) is 0 Å². The fraction of sp³-hybridized carbons (Fsp3) is 0.700. The van der Waals surface area contributed by atoms with Crippen molar-refractivity contribution in [2.75, 3.05) is 48.9 Å². The predicted molar refractivity (Wildman–Crippen MR) is 117 cm³/mol. The zero-order chi connectivity index (χ0) is 21.8. The Labute approximate surface area is 186 Å². The maximum atomic E-state index is 12.5. The molecule has 4 rings (SSSR count). The fourth-order valence-electron chi connectivity index (χ4n) is 3.53. The number of morpholine rings is 1. The first kappa shape index (κ1) is 22.1. The molecule has 2 aliphatic heterocycles. The molecule has 1 unspecified atom stereocenters. The summed E-state index contributed by atoms with van der Waals surface area (Å²) in [7, 11) is 0. The molecule has 4 heterocycles. The molecular weight excluding hydrogens is 420 g/mol. The second kappa shape index (κ2) is 9.58. The molecule has 0 saturated carbocycles. The first-order chi connectivity index (χ1) is 14.9. The van der Waals surface area contributed by atoms with Gasteiger partial charge in [0.15, 0.2) is 5.16 Å². The molecule has 31 heavy (non-hydrogen) atoms. The third-order valence-electron chi connectivity index (χ3n) is 5.27. The minimum absolute atomic E-state index is 0.143. The number of ether oxygens (including phenoxy) is 2. The molecule has 0 radical (unpaired) electrons. The number of amides is 1. The number of aromatic nitrogens is 4. The highest BCUT2D eigenvalue weighted by molar-refractivity contribution is 7.99. The molecule has 0 aromatic carbocycles. The normalized spacial score (nSPS) is 19.7. The van der Waals surface area contributed by atoms with E-state index in [1.165, 1.54) is 11.8 Å². The van der Waals surface area contributed by atoms with Gasteiger partial charge in [-0.25, -0.2) is 0 Å². The van der Waals surface area contributed by atoms with E-state index in [2.05, 4.69) is 30.1 Å². The van der Waals surface area contributed by atoms with Crippen LogP contribution in [0.4, 0.5) is 11.8 Å². The smallest absolute Gasteiger partial charge is 0.237 e. The molecule has 1 amide bonds. The van der Waals surface area contributed by atoms with Gasteiger partial charge in [-0.3, -0.25) is 14.7 Å². The number of nitrogens with one attached hydrogen (secondary N) is 1. The molecule has 10 nitrogen and oxygen atoms in total. The van der Waals surface area contributed by atoms with Gasteiger partial charge >= 0.3 is 0 Å². The van der Waals surface area contributed by atoms with Gasteiger partial charge in [0.05, 0.1) is 37.3 Å². The van der Waals surface area contributed by atoms with E-state index in [9.17, 15) is 4.79 Å². The number of carbonyl (C=O) groups is 1. The van der Waals surface area contributed by atoms with Gasteiger partial charge in [-0.2, -0.15) is 0 Å². The van der Waals surface area contributed by atoms with Crippen LogP contribution in [0.1, 0.15) is 39.3 Å². The molecule has 1 atom stereocenters. The van der Waals surface area contributed by atoms with Crippen LogP contribution in [0, 0.1) is 0 Å². The quantitative estimate of drug-likeness (QED) is 0.636. The van der Waals surface area contributed by atoms with Crippen LogP contribution in [-0.2, 0) is 26.2 Å². The summed E-state index contributed by atoms with van der Waals surface area (Å²) >= 11 is 1.36. The minimum atomic E-state index is -0.179. The van der Waals surface area contributed by atoms with E-state index in [4.69, 9.17) is 14.0 Å². The van der Waals surface area contributed by atoms with E-state index in [-0.39, 0.29) is 23.2 Å². The zero-order valence-corrected chi connectivity index (χ0v) is 19.1. The molecule has 0 bridgehead atoms. The molecule has 2 saturated heterocycles. The first-order valence-corrected chi connectivity index (χ1v) is 11.7. The summed E-state index contributed by atoms with van der Waals surface area (Å²) in [5, 5.41) is 16.3.